The Labute approximate surface area is 107 Å². The highest BCUT2D eigenvalue weighted by Gasteiger charge is 2.23. The van der Waals surface area contributed by atoms with Gasteiger partial charge in [-0.15, -0.1) is 0 Å². The molecule has 0 aliphatic heterocycles. The first-order valence-electron chi connectivity index (χ1n) is 5.51. The van der Waals surface area contributed by atoms with E-state index in [0.29, 0.717) is 6.04 Å². The molecule has 0 aromatic heterocycles. The number of rotatable bonds is 4. The van der Waals surface area contributed by atoms with Crippen molar-refractivity contribution in [1.29, 1.82) is 0 Å². The van der Waals surface area contributed by atoms with Gasteiger partial charge in [0.15, 0.2) is 0 Å². The van der Waals surface area contributed by atoms with Crippen LogP contribution in [0.3, 0.4) is 0 Å². The van der Waals surface area contributed by atoms with Gasteiger partial charge < -0.3 is 10.6 Å². The molecule has 1 aromatic carbocycles. The van der Waals surface area contributed by atoms with Crippen molar-refractivity contribution in [2.75, 3.05) is 14.1 Å². The average molecular weight is 285 g/mol. The quantitative estimate of drug-likeness (QED) is 0.920. The first-order valence-corrected chi connectivity index (χ1v) is 6.30. The van der Waals surface area contributed by atoms with Crippen LogP contribution in [-0.4, -0.2) is 24.5 Å². The first-order chi connectivity index (χ1) is 7.31. The highest BCUT2D eigenvalue weighted by Crippen LogP contribution is 2.31. The Balaban J connectivity index is 2.99. The van der Waals surface area contributed by atoms with Crippen molar-refractivity contribution in [1.82, 2.24) is 4.90 Å². The highest BCUT2D eigenvalue weighted by atomic mass is 79.9. The summed E-state index contributed by atoms with van der Waals surface area (Å²) in [6, 6.07) is 8.68. The maximum absolute atomic E-state index is 6.12. The minimum atomic E-state index is -0.162. The van der Waals surface area contributed by atoms with Crippen molar-refractivity contribution in [2.24, 2.45) is 5.73 Å². The molecule has 1 aromatic rings. The Hall–Kier alpha value is -0.380. The number of hydrogen-bond donors (Lipinski definition) is 1. The van der Waals surface area contributed by atoms with E-state index >= 15 is 0 Å². The summed E-state index contributed by atoms with van der Waals surface area (Å²) in [7, 11) is 4.19. The molecule has 1 rings (SSSR count). The van der Waals surface area contributed by atoms with E-state index in [0.717, 1.165) is 10.9 Å². The molecule has 0 aliphatic carbocycles. The van der Waals surface area contributed by atoms with E-state index in [1.165, 1.54) is 5.56 Å². The van der Waals surface area contributed by atoms with Crippen molar-refractivity contribution in [3.05, 3.63) is 34.3 Å². The maximum atomic E-state index is 6.12. The SMILES string of the molecule is CN(C)C(CC(C)(C)N)c1ccccc1Br. The fourth-order valence-corrected chi connectivity index (χ4v) is 2.36. The first kappa shape index (κ1) is 13.7. The summed E-state index contributed by atoms with van der Waals surface area (Å²) in [6.45, 7) is 4.14. The van der Waals surface area contributed by atoms with Gasteiger partial charge in [-0.2, -0.15) is 0 Å². The van der Waals surface area contributed by atoms with Crippen LogP contribution in [0.15, 0.2) is 28.7 Å². The van der Waals surface area contributed by atoms with Gasteiger partial charge in [-0.3, -0.25) is 0 Å². The van der Waals surface area contributed by atoms with Crippen LogP contribution in [0.4, 0.5) is 0 Å². The third-order valence-corrected chi connectivity index (χ3v) is 3.33. The van der Waals surface area contributed by atoms with Crippen LogP contribution in [0.25, 0.3) is 0 Å². The van der Waals surface area contributed by atoms with Gasteiger partial charge in [-0.05, 0) is 46.0 Å². The molecule has 2 nitrogen and oxygen atoms in total. The Morgan fingerprint density at radius 3 is 2.31 bits per heavy atom. The van der Waals surface area contributed by atoms with Gasteiger partial charge in [0.2, 0.25) is 0 Å². The van der Waals surface area contributed by atoms with Crippen LogP contribution in [0.5, 0.6) is 0 Å². The van der Waals surface area contributed by atoms with Gasteiger partial charge in [-0.1, -0.05) is 34.1 Å². The van der Waals surface area contributed by atoms with E-state index in [4.69, 9.17) is 5.73 Å². The summed E-state index contributed by atoms with van der Waals surface area (Å²) in [5, 5.41) is 0. The molecular formula is C13H21BrN2. The lowest BCUT2D eigenvalue weighted by Gasteiger charge is -2.31. The minimum absolute atomic E-state index is 0.162. The molecule has 0 saturated carbocycles. The lowest BCUT2D eigenvalue weighted by atomic mass is 9.91. The Kier molecular flexibility index (Phi) is 4.53. The summed E-state index contributed by atoms with van der Waals surface area (Å²) >= 11 is 3.61. The van der Waals surface area contributed by atoms with Crippen molar-refractivity contribution >= 4 is 15.9 Å². The zero-order valence-corrected chi connectivity index (χ0v) is 12.1. The van der Waals surface area contributed by atoms with Crippen LogP contribution in [0.1, 0.15) is 31.9 Å². The molecule has 3 heteroatoms. The fourth-order valence-electron chi connectivity index (χ4n) is 1.81. The standard InChI is InChI=1S/C13H21BrN2/c1-13(2,15)9-12(16(3)4)10-7-5-6-8-11(10)14/h5-8,12H,9,15H2,1-4H3. The summed E-state index contributed by atoms with van der Waals surface area (Å²) in [6.07, 6.45) is 0.933. The average Bonchev–Trinajstić information content (AvgIpc) is 2.13. The van der Waals surface area contributed by atoms with Crippen LogP contribution in [-0.2, 0) is 0 Å². The van der Waals surface area contributed by atoms with Crippen molar-refractivity contribution in [3.63, 3.8) is 0 Å². The monoisotopic (exact) mass is 284 g/mol. The summed E-state index contributed by atoms with van der Waals surface area (Å²) in [4.78, 5) is 2.22. The Morgan fingerprint density at radius 2 is 1.88 bits per heavy atom. The van der Waals surface area contributed by atoms with Crippen LogP contribution < -0.4 is 5.73 Å². The van der Waals surface area contributed by atoms with Crippen molar-refractivity contribution in [2.45, 2.75) is 31.8 Å². The number of hydrogen-bond acceptors (Lipinski definition) is 2. The topological polar surface area (TPSA) is 29.3 Å². The third kappa shape index (κ3) is 3.89. The summed E-state index contributed by atoms with van der Waals surface area (Å²) in [5.74, 6) is 0. The maximum Gasteiger partial charge on any atom is 0.0370 e. The Bertz CT molecular complexity index is 342. The van der Waals surface area contributed by atoms with E-state index < -0.39 is 0 Å². The largest absolute Gasteiger partial charge is 0.325 e. The second-order valence-corrected chi connectivity index (χ2v) is 6.05. The number of benzene rings is 1. The molecule has 0 fully saturated rings. The van der Waals surface area contributed by atoms with Crippen LogP contribution >= 0.6 is 15.9 Å². The summed E-state index contributed by atoms with van der Waals surface area (Å²) in [5.41, 5.74) is 7.25. The Morgan fingerprint density at radius 1 is 1.31 bits per heavy atom. The number of nitrogens with two attached hydrogens (primary N) is 1. The fraction of sp³-hybridized carbons (Fsp3) is 0.538. The molecule has 2 N–H and O–H groups in total. The van der Waals surface area contributed by atoms with E-state index in [1.807, 2.05) is 6.07 Å². The highest BCUT2D eigenvalue weighted by molar-refractivity contribution is 9.10. The van der Waals surface area contributed by atoms with E-state index in [2.05, 4.69) is 67.0 Å². The van der Waals surface area contributed by atoms with Gasteiger partial charge in [0, 0.05) is 16.1 Å². The molecule has 16 heavy (non-hydrogen) atoms. The molecule has 0 spiro atoms. The van der Waals surface area contributed by atoms with Gasteiger partial charge in [0.25, 0.3) is 0 Å². The minimum Gasteiger partial charge on any atom is -0.325 e. The molecule has 0 radical (unpaired) electrons. The van der Waals surface area contributed by atoms with E-state index in [9.17, 15) is 0 Å². The van der Waals surface area contributed by atoms with Crippen molar-refractivity contribution in [3.8, 4) is 0 Å². The molecule has 0 aliphatic rings. The number of nitrogens with zero attached hydrogens (tertiary/aromatic N) is 1. The molecule has 90 valence electrons. The molecule has 1 atom stereocenters. The smallest absolute Gasteiger partial charge is 0.0370 e. The van der Waals surface area contributed by atoms with Gasteiger partial charge in [0.1, 0.15) is 0 Å². The van der Waals surface area contributed by atoms with Crippen molar-refractivity contribution < 1.29 is 0 Å². The molecular weight excluding hydrogens is 264 g/mol. The summed E-state index contributed by atoms with van der Waals surface area (Å²) < 4.78 is 1.15. The second kappa shape index (κ2) is 5.30. The second-order valence-electron chi connectivity index (χ2n) is 5.19. The predicted molar refractivity (Wildman–Crippen MR) is 73.5 cm³/mol. The van der Waals surface area contributed by atoms with Gasteiger partial charge >= 0.3 is 0 Å². The molecule has 0 heterocycles. The van der Waals surface area contributed by atoms with Gasteiger partial charge in [-0.25, -0.2) is 0 Å². The molecule has 0 bridgehead atoms. The third-order valence-electron chi connectivity index (χ3n) is 2.61. The van der Waals surface area contributed by atoms with E-state index in [1.54, 1.807) is 0 Å². The predicted octanol–water partition coefficient (Wildman–Crippen LogP) is 3.18. The number of halogens is 1. The van der Waals surface area contributed by atoms with Gasteiger partial charge in [0.05, 0.1) is 0 Å². The van der Waals surface area contributed by atoms with Crippen LogP contribution in [0.2, 0.25) is 0 Å². The zero-order chi connectivity index (χ0) is 12.3. The zero-order valence-electron chi connectivity index (χ0n) is 10.5. The van der Waals surface area contributed by atoms with Crippen LogP contribution in [0, 0.1) is 0 Å². The lowest BCUT2D eigenvalue weighted by Crippen LogP contribution is -2.37. The molecule has 0 saturated heterocycles. The lowest BCUT2D eigenvalue weighted by molar-refractivity contribution is 0.242. The normalized spacial score (nSPS) is 14.2. The molecule has 1 unspecified atom stereocenters. The molecule has 0 amide bonds. The van der Waals surface area contributed by atoms with E-state index in [-0.39, 0.29) is 5.54 Å².